The van der Waals surface area contributed by atoms with Crippen LogP contribution in [0.15, 0.2) is 30.3 Å². The van der Waals surface area contributed by atoms with Crippen molar-refractivity contribution in [2.24, 2.45) is 0 Å². The predicted octanol–water partition coefficient (Wildman–Crippen LogP) is 4.74. The smallest absolute Gasteiger partial charge is 0.123 e. The molecule has 3 heteroatoms. The second kappa shape index (κ2) is 6.31. The molecule has 0 saturated carbocycles. The van der Waals surface area contributed by atoms with Gasteiger partial charge in [-0.05, 0) is 49.6 Å². The van der Waals surface area contributed by atoms with Crippen LogP contribution in [0, 0.1) is 19.7 Å². The lowest BCUT2D eigenvalue weighted by atomic mass is 10.0. The van der Waals surface area contributed by atoms with Crippen molar-refractivity contribution in [3.8, 4) is 0 Å². The fraction of sp³-hybridized carbons (Fsp3) is 0.375. The van der Waals surface area contributed by atoms with Gasteiger partial charge in [0, 0.05) is 22.3 Å². The van der Waals surface area contributed by atoms with Crippen LogP contribution in [0.4, 0.5) is 4.39 Å². The zero-order valence-electron chi connectivity index (χ0n) is 11.7. The zero-order chi connectivity index (χ0) is 13.8. The molecule has 0 aliphatic rings. The van der Waals surface area contributed by atoms with E-state index < -0.39 is 0 Å². The maximum absolute atomic E-state index is 12.9. The minimum atomic E-state index is -0.178. The Morgan fingerprint density at radius 2 is 1.89 bits per heavy atom. The van der Waals surface area contributed by atoms with Crippen LogP contribution in [0.1, 0.15) is 40.3 Å². The number of aryl methyl sites for hydroxylation is 2. The maximum atomic E-state index is 12.9. The maximum Gasteiger partial charge on any atom is 0.123 e. The minimum Gasteiger partial charge on any atom is -0.305 e. The third-order valence-electron chi connectivity index (χ3n) is 3.42. The molecule has 1 aromatic carbocycles. The summed E-state index contributed by atoms with van der Waals surface area (Å²) >= 11 is 1.84. The van der Waals surface area contributed by atoms with Crippen LogP contribution >= 0.6 is 11.3 Å². The molecule has 0 fully saturated rings. The number of hydrogen-bond acceptors (Lipinski definition) is 2. The van der Waals surface area contributed by atoms with Gasteiger partial charge in [-0.1, -0.05) is 19.1 Å². The van der Waals surface area contributed by atoms with Gasteiger partial charge in [0.1, 0.15) is 5.82 Å². The fourth-order valence-electron chi connectivity index (χ4n) is 2.15. The van der Waals surface area contributed by atoms with Gasteiger partial charge in [0.25, 0.3) is 0 Å². The lowest BCUT2D eigenvalue weighted by Crippen LogP contribution is -2.19. The standard InChI is InChI=1S/C16H20FNS/c1-4-16(13-5-7-14(17)8-6-13)18-10-15-9-11(2)12(3)19-15/h5-9,16,18H,4,10H2,1-3H3. The number of nitrogens with one attached hydrogen (secondary N) is 1. The van der Waals surface area contributed by atoms with Crippen molar-refractivity contribution in [2.45, 2.75) is 39.8 Å². The normalized spacial score (nSPS) is 12.6. The van der Waals surface area contributed by atoms with E-state index in [9.17, 15) is 4.39 Å². The topological polar surface area (TPSA) is 12.0 Å². The van der Waals surface area contributed by atoms with Gasteiger partial charge in [0.2, 0.25) is 0 Å². The average Bonchev–Trinajstić information content (AvgIpc) is 2.71. The Bertz CT molecular complexity index is 511. The van der Waals surface area contributed by atoms with Crippen molar-refractivity contribution in [1.82, 2.24) is 5.32 Å². The van der Waals surface area contributed by atoms with Gasteiger partial charge in [0.05, 0.1) is 0 Å². The Balaban J connectivity index is 2.01. The van der Waals surface area contributed by atoms with E-state index in [2.05, 4.69) is 32.2 Å². The lowest BCUT2D eigenvalue weighted by molar-refractivity contribution is 0.520. The van der Waals surface area contributed by atoms with E-state index in [1.807, 2.05) is 23.5 Å². The van der Waals surface area contributed by atoms with E-state index >= 15 is 0 Å². The van der Waals surface area contributed by atoms with E-state index in [0.29, 0.717) is 0 Å². The largest absolute Gasteiger partial charge is 0.305 e. The van der Waals surface area contributed by atoms with Crippen molar-refractivity contribution in [2.75, 3.05) is 0 Å². The molecule has 0 aliphatic carbocycles. The quantitative estimate of drug-likeness (QED) is 0.832. The van der Waals surface area contributed by atoms with Crippen LogP contribution in [-0.2, 0) is 6.54 Å². The van der Waals surface area contributed by atoms with Gasteiger partial charge < -0.3 is 5.32 Å². The molecule has 2 rings (SSSR count). The van der Waals surface area contributed by atoms with Gasteiger partial charge in [-0.2, -0.15) is 0 Å². The van der Waals surface area contributed by atoms with Crippen molar-refractivity contribution >= 4 is 11.3 Å². The molecule has 1 heterocycles. The third-order valence-corrected chi connectivity index (χ3v) is 4.57. The molecular formula is C16H20FNS. The Kier molecular flexibility index (Phi) is 4.72. The Morgan fingerprint density at radius 1 is 1.21 bits per heavy atom. The van der Waals surface area contributed by atoms with E-state index in [1.54, 1.807) is 0 Å². The van der Waals surface area contributed by atoms with Gasteiger partial charge in [-0.3, -0.25) is 0 Å². The van der Waals surface area contributed by atoms with Crippen molar-refractivity contribution < 1.29 is 4.39 Å². The third kappa shape index (κ3) is 3.64. The van der Waals surface area contributed by atoms with Gasteiger partial charge in [0.15, 0.2) is 0 Å². The second-order valence-corrected chi connectivity index (χ2v) is 6.19. The molecule has 1 unspecified atom stereocenters. The number of benzene rings is 1. The molecule has 2 aromatic rings. The molecule has 1 atom stereocenters. The van der Waals surface area contributed by atoms with Crippen LogP contribution in [0.25, 0.3) is 0 Å². The summed E-state index contributed by atoms with van der Waals surface area (Å²) in [5, 5.41) is 3.55. The minimum absolute atomic E-state index is 0.178. The second-order valence-electron chi connectivity index (χ2n) is 4.85. The van der Waals surface area contributed by atoms with Gasteiger partial charge >= 0.3 is 0 Å². The fourth-order valence-corrected chi connectivity index (χ4v) is 3.16. The molecule has 0 radical (unpaired) electrons. The number of thiophene rings is 1. The van der Waals surface area contributed by atoms with E-state index in [1.165, 1.54) is 27.5 Å². The summed E-state index contributed by atoms with van der Waals surface area (Å²) in [6, 6.07) is 9.30. The molecule has 1 nitrogen and oxygen atoms in total. The highest BCUT2D eigenvalue weighted by Gasteiger charge is 2.10. The van der Waals surface area contributed by atoms with Crippen LogP contribution in [0.2, 0.25) is 0 Å². The molecule has 0 saturated heterocycles. The monoisotopic (exact) mass is 277 g/mol. The highest BCUT2D eigenvalue weighted by atomic mass is 32.1. The molecule has 102 valence electrons. The van der Waals surface area contributed by atoms with E-state index in [4.69, 9.17) is 0 Å². The van der Waals surface area contributed by atoms with Gasteiger partial charge in [-0.15, -0.1) is 11.3 Å². The zero-order valence-corrected chi connectivity index (χ0v) is 12.5. The van der Waals surface area contributed by atoms with Crippen molar-refractivity contribution in [3.63, 3.8) is 0 Å². The molecule has 0 spiro atoms. The summed E-state index contributed by atoms with van der Waals surface area (Å²) in [5.41, 5.74) is 2.51. The molecule has 0 amide bonds. The first-order chi connectivity index (χ1) is 9.10. The Morgan fingerprint density at radius 3 is 2.42 bits per heavy atom. The Hall–Kier alpha value is -1.19. The van der Waals surface area contributed by atoms with Crippen LogP contribution in [0.5, 0.6) is 0 Å². The summed E-state index contributed by atoms with van der Waals surface area (Å²) in [5.74, 6) is -0.178. The molecular weight excluding hydrogens is 257 g/mol. The summed E-state index contributed by atoms with van der Waals surface area (Å²) in [6.45, 7) is 7.31. The summed E-state index contributed by atoms with van der Waals surface area (Å²) in [4.78, 5) is 2.74. The first-order valence-corrected chi connectivity index (χ1v) is 7.46. The first kappa shape index (κ1) is 14.2. The van der Waals surface area contributed by atoms with Gasteiger partial charge in [-0.25, -0.2) is 4.39 Å². The number of halogens is 1. The highest BCUT2D eigenvalue weighted by Crippen LogP contribution is 2.22. The lowest BCUT2D eigenvalue weighted by Gasteiger charge is -2.17. The average molecular weight is 277 g/mol. The van der Waals surface area contributed by atoms with E-state index in [-0.39, 0.29) is 11.9 Å². The van der Waals surface area contributed by atoms with Crippen LogP contribution in [-0.4, -0.2) is 0 Å². The molecule has 0 aliphatic heterocycles. The SMILES string of the molecule is CCC(NCc1cc(C)c(C)s1)c1ccc(F)cc1. The summed E-state index contributed by atoms with van der Waals surface area (Å²) in [7, 11) is 0. The molecule has 19 heavy (non-hydrogen) atoms. The highest BCUT2D eigenvalue weighted by molar-refractivity contribution is 7.12. The number of hydrogen-bond donors (Lipinski definition) is 1. The number of rotatable bonds is 5. The molecule has 1 N–H and O–H groups in total. The van der Waals surface area contributed by atoms with Crippen molar-refractivity contribution in [1.29, 1.82) is 0 Å². The van der Waals surface area contributed by atoms with Crippen LogP contribution in [0.3, 0.4) is 0 Å². The summed E-state index contributed by atoms with van der Waals surface area (Å²) < 4.78 is 12.9. The van der Waals surface area contributed by atoms with Crippen LogP contribution < -0.4 is 5.32 Å². The van der Waals surface area contributed by atoms with E-state index in [0.717, 1.165) is 18.5 Å². The molecule has 0 bridgehead atoms. The first-order valence-electron chi connectivity index (χ1n) is 6.65. The Labute approximate surface area is 118 Å². The van der Waals surface area contributed by atoms with Crippen molar-refractivity contribution in [3.05, 3.63) is 57.0 Å². The molecule has 1 aromatic heterocycles. The summed E-state index contributed by atoms with van der Waals surface area (Å²) in [6.07, 6.45) is 0.995. The predicted molar refractivity (Wildman–Crippen MR) is 80.1 cm³/mol.